The predicted molar refractivity (Wildman–Crippen MR) is 73.2 cm³/mol. The fourth-order valence-electron chi connectivity index (χ4n) is 1.96. The number of hydrogen-bond acceptors (Lipinski definition) is 2. The van der Waals surface area contributed by atoms with E-state index in [1.807, 2.05) is 18.2 Å². The number of halogens is 3. The maximum absolute atomic E-state index is 13.8. The standard InChI is InChI=1S/C15H10F3N3/c16-10-8-12(17)14(18)13(9-10)21-7-6-19-15(21)20-11-4-2-1-3-5-11/h1-9H,(H,19,20). The molecule has 0 aliphatic rings. The van der Waals surface area contributed by atoms with Crippen molar-refractivity contribution in [1.29, 1.82) is 0 Å². The van der Waals surface area contributed by atoms with Crippen LogP contribution in [0.25, 0.3) is 5.69 Å². The molecule has 0 bridgehead atoms. The van der Waals surface area contributed by atoms with Crippen molar-refractivity contribution in [2.45, 2.75) is 0 Å². The average Bonchev–Trinajstić information content (AvgIpc) is 2.92. The van der Waals surface area contributed by atoms with Gasteiger partial charge in [0, 0.05) is 30.2 Å². The van der Waals surface area contributed by atoms with Gasteiger partial charge in [-0.2, -0.15) is 0 Å². The van der Waals surface area contributed by atoms with E-state index in [2.05, 4.69) is 10.3 Å². The molecule has 1 N–H and O–H groups in total. The third kappa shape index (κ3) is 2.60. The lowest BCUT2D eigenvalue weighted by Gasteiger charge is -2.11. The van der Waals surface area contributed by atoms with Gasteiger partial charge in [-0.15, -0.1) is 0 Å². The van der Waals surface area contributed by atoms with Crippen LogP contribution >= 0.6 is 0 Å². The summed E-state index contributed by atoms with van der Waals surface area (Å²) in [5, 5.41) is 2.96. The van der Waals surface area contributed by atoms with Gasteiger partial charge in [-0.25, -0.2) is 18.2 Å². The van der Waals surface area contributed by atoms with Crippen molar-refractivity contribution in [3.63, 3.8) is 0 Å². The van der Waals surface area contributed by atoms with Crippen molar-refractivity contribution in [3.8, 4) is 5.69 Å². The lowest BCUT2D eigenvalue weighted by atomic mass is 10.2. The van der Waals surface area contributed by atoms with Crippen molar-refractivity contribution in [3.05, 3.63) is 72.3 Å². The first kappa shape index (κ1) is 13.2. The van der Waals surface area contributed by atoms with Crippen LogP contribution < -0.4 is 5.32 Å². The second-order valence-corrected chi connectivity index (χ2v) is 4.33. The normalized spacial score (nSPS) is 10.6. The van der Waals surface area contributed by atoms with Crippen LogP contribution in [0, 0.1) is 17.5 Å². The molecule has 0 saturated heterocycles. The number of aromatic nitrogens is 2. The fourth-order valence-corrected chi connectivity index (χ4v) is 1.96. The monoisotopic (exact) mass is 289 g/mol. The molecule has 1 heterocycles. The van der Waals surface area contributed by atoms with E-state index in [1.165, 1.54) is 17.0 Å². The fraction of sp³-hybridized carbons (Fsp3) is 0. The van der Waals surface area contributed by atoms with E-state index in [0.717, 1.165) is 11.8 Å². The summed E-state index contributed by atoms with van der Waals surface area (Å²) in [7, 11) is 0. The zero-order valence-corrected chi connectivity index (χ0v) is 10.7. The van der Waals surface area contributed by atoms with Gasteiger partial charge in [-0.1, -0.05) is 18.2 Å². The second kappa shape index (κ2) is 5.32. The maximum Gasteiger partial charge on any atom is 0.212 e. The molecule has 3 rings (SSSR count). The zero-order valence-electron chi connectivity index (χ0n) is 10.7. The Morgan fingerprint density at radius 1 is 1.00 bits per heavy atom. The Labute approximate surface area is 118 Å². The third-order valence-electron chi connectivity index (χ3n) is 2.90. The van der Waals surface area contributed by atoms with E-state index in [0.29, 0.717) is 6.07 Å². The van der Waals surface area contributed by atoms with E-state index in [4.69, 9.17) is 0 Å². The molecule has 0 aliphatic heterocycles. The highest BCUT2D eigenvalue weighted by atomic mass is 19.2. The average molecular weight is 289 g/mol. The Morgan fingerprint density at radius 2 is 1.76 bits per heavy atom. The van der Waals surface area contributed by atoms with Gasteiger partial charge < -0.3 is 5.32 Å². The minimum Gasteiger partial charge on any atom is -0.325 e. The first-order chi connectivity index (χ1) is 10.1. The number of rotatable bonds is 3. The molecule has 0 amide bonds. The second-order valence-electron chi connectivity index (χ2n) is 4.33. The number of para-hydroxylation sites is 1. The molecule has 0 fully saturated rings. The summed E-state index contributed by atoms with van der Waals surface area (Å²) in [6, 6.07) is 10.5. The minimum absolute atomic E-state index is 0.247. The lowest BCUT2D eigenvalue weighted by Crippen LogP contribution is -2.05. The van der Waals surface area contributed by atoms with Crippen LogP contribution in [0.4, 0.5) is 24.8 Å². The highest BCUT2D eigenvalue weighted by Crippen LogP contribution is 2.23. The van der Waals surface area contributed by atoms with Crippen LogP contribution in [0.2, 0.25) is 0 Å². The molecule has 0 unspecified atom stereocenters. The quantitative estimate of drug-likeness (QED) is 0.738. The largest absolute Gasteiger partial charge is 0.325 e. The smallest absolute Gasteiger partial charge is 0.212 e. The number of nitrogens with one attached hydrogen (secondary N) is 1. The molecule has 21 heavy (non-hydrogen) atoms. The molecule has 3 aromatic rings. The van der Waals surface area contributed by atoms with Gasteiger partial charge in [0.1, 0.15) is 5.82 Å². The third-order valence-corrected chi connectivity index (χ3v) is 2.90. The Bertz CT molecular complexity index is 769. The summed E-state index contributed by atoms with van der Waals surface area (Å²) in [5.41, 5.74) is 0.477. The molecule has 3 nitrogen and oxygen atoms in total. The van der Waals surface area contributed by atoms with Crippen LogP contribution in [0.15, 0.2) is 54.9 Å². The number of imidazole rings is 1. The van der Waals surface area contributed by atoms with Crippen LogP contribution in [-0.4, -0.2) is 9.55 Å². The van der Waals surface area contributed by atoms with Crippen molar-refractivity contribution < 1.29 is 13.2 Å². The molecule has 2 aromatic carbocycles. The van der Waals surface area contributed by atoms with E-state index < -0.39 is 17.5 Å². The van der Waals surface area contributed by atoms with E-state index in [-0.39, 0.29) is 11.6 Å². The summed E-state index contributed by atoms with van der Waals surface area (Å²) in [6.45, 7) is 0. The minimum atomic E-state index is -1.25. The predicted octanol–water partition coefficient (Wildman–Crippen LogP) is 4.03. The van der Waals surface area contributed by atoms with E-state index in [1.54, 1.807) is 12.1 Å². The van der Waals surface area contributed by atoms with Gasteiger partial charge in [-0.3, -0.25) is 4.57 Å². The summed E-state index contributed by atoms with van der Waals surface area (Å²) in [6.07, 6.45) is 2.83. The van der Waals surface area contributed by atoms with Crippen LogP contribution in [0.5, 0.6) is 0 Å². The topological polar surface area (TPSA) is 29.9 Å². The Kier molecular flexibility index (Phi) is 3.35. The zero-order chi connectivity index (χ0) is 14.8. The van der Waals surface area contributed by atoms with Crippen molar-refractivity contribution in [1.82, 2.24) is 9.55 Å². The molecule has 106 valence electrons. The molecule has 1 aromatic heterocycles. The maximum atomic E-state index is 13.8. The van der Waals surface area contributed by atoms with Gasteiger partial charge in [0.25, 0.3) is 0 Å². The Hall–Kier alpha value is -2.76. The number of anilines is 2. The molecule has 0 saturated carbocycles. The Morgan fingerprint density at radius 3 is 2.52 bits per heavy atom. The summed E-state index contributed by atoms with van der Waals surface area (Å²) in [5.74, 6) is -2.98. The van der Waals surface area contributed by atoms with Gasteiger partial charge in [-0.05, 0) is 12.1 Å². The number of nitrogens with zero attached hydrogens (tertiary/aromatic N) is 2. The van der Waals surface area contributed by atoms with Crippen molar-refractivity contribution in [2.75, 3.05) is 5.32 Å². The highest BCUT2D eigenvalue weighted by Gasteiger charge is 2.15. The van der Waals surface area contributed by atoms with Crippen LogP contribution in [0.1, 0.15) is 0 Å². The molecule has 0 aliphatic carbocycles. The van der Waals surface area contributed by atoms with Crippen molar-refractivity contribution in [2.24, 2.45) is 0 Å². The SMILES string of the molecule is Fc1cc(F)c(F)c(-n2ccnc2Nc2ccccc2)c1. The first-order valence-corrected chi connectivity index (χ1v) is 6.15. The molecule has 6 heteroatoms. The summed E-state index contributed by atoms with van der Waals surface area (Å²) < 4.78 is 41.7. The van der Waals surface area contributed by atoms with Gasteiger partial charge >= 0.3 is 0 Å². The first-order valence-electron chi connectivity index (χ1n) is 6.15. The molecular formula is C15H10F3N3. The molecule has 0 atom stereocenters. The molecule has 0 spiro atoms. The van der Waals surface area contributed by atoms with Gasteiger partial charge in [0.2, 0.25) is 5.95 Å². The van der Waals surface area contributed by atoms with Crippen molar-refractivity contribution >= 4 is 11.6 Å². The number of hydrogen-bond donors (Lipinski definition) is 1. The van der Waals surface area contributed by atoms with Gasteiger partial charge in [0.15, 0.2) is 11.6 Å². The molecule has 0 radical (unpaired) electrons. The summed E-state index contributed by atoms with van der Waals surface area (Å²) >= 11 is 0. The number of benzene rings is 2. The van der Waals surface area contributed by atoms with E-state index >= 15 is 0 Å². The van der Waals surface area contributed by atoms with E-state index in [9.17, 15) is 13.2 Å². The lowest BCUT2D eigenvalue weighted by molar-refractivity contribution is 0.491. The summed E-state index contributed by atoms with van der Waals surface area (Å²) in [4.78, 5) is 4.03. The van der Waals surface area contributed by atoms with Gasteiger partial charge in [0.05, 0.1) is 5.69 Å². The Balaban J connectivity index is 2.04. The molecular weight excluding hydrogens is 279 g/mol. The highest BCUT2D eigenvalue weighted by molar-refractivity contribution is 5.56. The van der Waals surface area contributed by atoms with Crippen LogP contribution in [0.3, 0.4) is 0 Å². The van der Waals surface area contributed by atoms with Crippen LogP contribution in [-0.2, 0) is 0 Å².